The van der Waals surface area contributed by atoms with Gasteiger partial charge >= 0.3 is 0 Å². The Kier molecular flexibility index (Phi) is 5.02. The van der Waals surface area contributed by atoms with Crippen molar-refractivity contribution < 1.29 is 4.39 Å². The highest BCUT2D eigenvalue weighted by molar-refractivity contribution is 6.17. The molecule has 2 heterocycles. The summed E-state index contributed by atoms with van der Waals surface area (Å²) in [5.41, 5.74) is 2.02. The van der Waals surface area contributed by atoms with E-state index in [0.717, 1.165) is 30.4 Å². The maximum absolute atomic E-state index is 13.3. The Hall–Kier alpha value is -0.800. The number of hydrogen-bond acceptors (Lipinski definition) is 2. The molecule has 0 aromatic heterocycles. The zero-order chi connectivity index (χ0) is 14.7. The average Bonchev–Trinajstić information content (AvgIpc) is 2.56. The summed E-state index contributed by atoms with van der Waals surface area (Å²) >= 11 is 5.97. The predicted octanol–water partition coefficient (Wildman–Crippen LogP) is 4.02. The van der Waals surface area contributed by atoms with E-state index >= 15 is 0 Å². The minimum absolute atomic E-state index is 0.197. The Morgan fingerprint density at radius 3 is 2.43 bits per heavy atom. The molecule has 116 valence electrons. The van der Waals surface area contributed by atoms with E-state index in [1.165, 1.54) is 45.2 Å². The van der Waals surface area contributed by atoms with E-state index in [1.54, 1.807) is 12.1 Å². The number of likely N-dealkylation sites (tertiary alicyclic amines) is 1. The summed E-state index contributed by atoms with van der Waals surface area (Å²) in [7, 11) is 0. The van der Waals surface area contributed by atoms with E-state index in [4.69, 9.17) is 11.6 Å². The van der Waals surface area contributed by atoms with Crippen LogP contribution in [-0.4, -0.2) is 37.1 Å². The lowest BCUT2D eigenvalue weighted by atomic mass is 9.99. The quantitative estimate of drug-likeness (QED) is 0.778. The third kappa shape index (κ3) is 3.51. The highest BCUT2D eigenvalue weighted by Gasteiger charge is 2.26. The molecule has 2 aliphatic heterocycles. The van der Waals surface area contributed by atoms with Crippen LogP contribution in [0, 0.1) is 5.82 Å². The van der Waals surface area contributed by atoms with Gasteiger partial charge in [0.25, 0.3) is 0 Å². The number of hydrogen-bond donors (Lipinski definition) is 0. The van der Waals surface area contributed by atoms with Crippen molar-refractivity contribution in [2.75, 3.05) is 31.1 Å². The largest absolute Gasteiger partial charge is 0.371 e. The Labute approximate surface area is 131 Å². The predicted molar refractivity (Wildman–Crippen MR) is 86.6 cm³/mol. The molecule has 4 heteroatoms. The monoisotopic (exact) mass is 310 g/mol. The van der Waals surface area contributed by atoms with Crippen LogP contribution in [0.2, 0.25) is 0 Å². The molecular weight excluding hydrogens is 287 g/mol. The molecule has 2 nitrogen and oxygen atoms in total. The topological polar surface area (TPSA) is 6.48 Å². The van der Waals surface area contributed by atoms with E-state index in [1.807, 2.05) is 6.07 Å². The van der Waals surface area contributed by atoms with Crippen LogP contribution in [0.4, 0.5) is 10.1 Å². The van der Waals surface area contributed by atoms with Crippen LogP contribution in [0.3, 0.4) is 0 Å². The van der Waals surface area contributed by atoms with Gasteiger partial charge in [-0.2, -0.15) is 0 Å². The highest BCUT2D eigenvalue weighted by atomic mass is 35.5. The van der Waals surface area contributed by atoms with E-state index in [-0.39, 0.29) is 5.82 Å². The van der Waals surface area contributed by atoms with Crippen LogP contribution in [-0.2, 0) is 5.88 Å². The van der Waals surface area contributed by atoms with E-state index in [0.29, 0.717) is 5.88 Å². The van der Waals surface area contributed by atoms with Crippen LogP contribution in [0.15, 0.2) is 18.2 Å². The average molecular weight is 311 g/mol. The smallest absolute Gasteiger partial charge is 0.123 e. The van der Waals surface area contributed by atoms with Gasteiger partial charge in [0.1, 0.15) is 5.82 Å². The van der Waals surface area contributed by atoms with Crippen LogP contribution in [0.1, 0.15) is 37.7 Å². The van der Waals surface area contributed by atoms with Crippen LogP contribution < -0.4 is 4.90 Å². The lowest BCUT2D eigenvalue weighted by molar-refractivity contribution is 0.141. The maximum Gasteiger partial charge on any atom is 0.123 e. The summed E-state index contributed by atoms with van der Waals surface area (Å²) in [6.07, 6.45) is 6.52. The first-order chi connectivity index (χ1) is 10.3. The van der Waals surface area contributed by atoms with E-state index in [2.05, 4.69) is 9.80 Å². The third-order valence-electron chi connectivity index (χ3n) is 4.90. The van der Waals surface area contributed by atoms with E-state index < -0.39 is 0 Å². The summed E-state index contributed by atoms with van der Waals surface area (Å²) in [4.78, 5) is 5.05. The molecule has 0 bridgehead atoms. The van der Waals surface area contributed by atoms with Crippen molar-refractivity contribution >= 4 is 17.3 Å². The SMILES string of the molecule is Fc1ccc(N2CCC(N3CCCCC3)CC2)c(CCl)c1. The first-order valence-electron chi connectivity index (χ1n) is 8.11. The second kappa shape index (κ2) is 6.97. The van der Waals surface area contributed by atoms with Gasteiger partial charge in [0.05, 0.1) is 0 Å². The standard InChI is InChI=1S/C17H24ClFN2/c18-13-14-12-15(19)4-5-17(14)21-10-6-16(7-11-21)20-8-2-1-3-9-20/h4-5,12,16H,1-3,6-11,13H2. The fourth-order valence-corrected chi connectivity index (χ4v) is 3.94. The van der Waals surface area contributed by atoms with Crippen LogP contribution in [0.25, 0.3) is 0 Å². The van der Waals surface area contributed by atoms with Crippen LogP contribution in [0.5, 0.6) is 0 Å². The van der Waals surface area contributed by atoms with Gasteiger partial charge in [-0.25, -0.2) is 4.39 Å². The van der Waals surface area contributed by atoms with Gasteiger partial charge in [-0.15, -0.1) is 11.6 Å². The zero-order valence-corrected chi connectivity index (χ0v) is 13.3. The summed E-state index contributed by atoms with van der Waals surface area (Å²) in [6.45, 7) is 4.65. The van der Waals surface area contributed by atoms with Gasteiger partial charge < -0.3 is 9.80 Å². The molecule has 0 saturated carbocycles. The molecule has 2 saturated heterocycles. The molecule has 0 atom stereocenters. The van der Waals surface area contributed by atoms with E-state index in [9.17, 15) is 4.39 Å². The van der Waals surface area contributed by atoms with Crippen molar-refractivity contribution in [3.63, 3.8) is 0 Å². The molecule has 0 radical (unpaired) electrons. The Morgan fingerprint density at radius 2 is 1.76 bits per heavy atom. The van der Waals surface area contributed by atoms with Gasteiger partial charge in [0.15, 0.2) is 0 Å². The fourth-order valence-electron chi connectivity index (χ4n) is 3.73. The Balaban J connectivity index is 1.62. The number of benzene rings is 1. The lowest BCUT2D eigenvalue weighted by Gasteiger charge is -2.41. The van der Waals surface area contributed by atoms with Gasteiger partial charge in [-0.3, -0.25) is 0 Å². The van der Waals surface area contributed by atoms with Gasteiger partial charge in [0.2, 0.25) is 0 Å². The normalized spacial score (nSPS) is 21.7. The number of alkyl halides is 1. The molecule has 0 spiro atoms. The number of piperidine rings is 2. The summed E-state index contributed by atoms with van der Waals surface area (Å²) in [5.74, 6) is 0.177. The molecule has 0 aliphatic carbocycles. The van der Waals surface area contributed by atoms with Crippen molar-refractivity contribution in [2.24, 2.45) is 0 Å². The summed E-state index contributed by atoms with van der Waals surface area (Å²) in [6, 6.07) is 5.73. The molecule has 3 rings (SSSR count). The summed E-state index contributed by atoms with van der Waals surface area (Å²) in [5, 5.41) is 0. The van der Waals surface area contributed by atoms with Crippen molar-refractivity contribution in [3.05, 3.63) is 29.6 Å². The lowest BCUT2D eigenvalue weighted by Crippen LogP contribution is -2.46. The molecule has 21 heavy (non-hydrogen) atoms. The first kappa shape index (κ1) is 15.1. The molecule has 0 amide bonds. The molecule has 2 aliphatic rings. The summed E-state index contributed by atoms with van der Waals surface area (Å²) < 4.78 is 13.3. The molecule has 1 aromatic carbocycles. The van der Waals surface area contributed by atoms with Crippen molar-refractivity contribution in [1.29, 1.82) is 0 Å². The minimum atomic E-state index is -0.197. The van der Waals surface area contributed by atoms with Gasteiger partial charge in [-0.1, -0.05) is 6.42 Å². The first-order valence-corrected chi connectivity index (χ1v) is 8.65. The molecule has 0 unspecified atom stereocenters. The van der Waals surface area contributed by atoms with Crippen molar-refractivity contribution in [3.8, 4) is 0 Å². The van der Waals surface area contributed by atoms with Gasteiger partial charge in [-0.05, 0) is 62.5 Å². The second-order valence-electron chi connectivity index (χ2n) is 6.22. The highest BCUT2D eigenvalue weighted by Crippen LogP contribution is 2.28. The molecule has 2 fully saturated rings. The fraction of sp³-hybridized carbons (Fsp3) is 0.647. The van der Waals surface area contributed by atoms with Crippen molar-refractivity contribution in [2.45, 2.75) is 44.0 Å². The maximum atomic E-state index is 13.3. The molecule has 0 N–H and O–H groups in total. The van der Waals surface area contributed by atoms with Crippen molar-refractivity contribution in [1.82, 2.24) is 4.90 Å². The third-order valence-corrected chi connectivity index (χ3v) is 5.19. The number of rotatable bonds is 3. The number of anilines is 1. The minimum Gasteiger partial charge on any atom is -0.371 e. The molecule has 1 aromatic rings. The number of nitrogens with zero attached hydrogens (tertiary/aromatic N) is 2. The van der Waals surface area contributed by atoms with Crippen LogP contribution >= 0.6 is 11.6 Å². The Bertz CT molecular complexity index is 466. The molecular formula is C17H24ClFN2. The Morgan fingerprint density at radius 1 is 1.05 bits per heavy atom. The van der Waals surface area contributed by atoms with Gasteiger partial charge in [0, 0.05) is 30.7 Å². The zero-order valence-electron chi connectivity index (χ0n) is 12.5. The second-order valence-corrected chi connectivity index (χ2v) is 6.49. The number of halogens is 2.